The molecule has 2 aromatic carbocycles. The molecule has 0 radical (unpaired) electrons. The van der Waals surface area contributed by atoms with Gasteiger partial charge in [0.05, 0.1) is 6.04 Å². The lowest BCUT2D eigenvalue weighted by atomic mass is 9.24. The highest BCUT2D eigenvalue weighted by Crippen LogP contribution is 2.69. The van der Waals surface area contributed by atoms with E-state index in [-0.39, 0.29) is 27.1 Å². The maximum Gasteiger partial charge on any atom is 0.217 e. The highest BCUT2D eigenvalue weighted by molar-refractivity contribution is 6.77. The highest BCUT2D eigenvalue weighted by Gasteiger charge is 2.66. The summed E-state index contributed by atoms with van der Waals surface area (Å²) >= 11 is 0. The van der Waals surface area contributed by atoms with E-state index in [9.17, 15) is 0 Å². The maximum atomic E-state index is 3.22. The van der Waals surface area contributed by atoms with Crippen molar-refractivity contribution in [2.24, 2.45) is 34.0 Å². The lowest BCUT2D eigenvalue weighted by molar-refractivity contribution is 0.151. The Morgan fingerprint density at radius 2 is 1.46 bits per heavy atom. The van der Waals surface area contributed by atoms with Crippen molar-refractivity contribution in [1.29, 1.82) is 0 Å². The smallest absolute Gasteiger partial charge is 0.217 e. The lowest BCUT2D eigenvalue weighted by Gasteiger charge is -2.61. The monoisotopic (exact) mass is 835 g/mol. The van der Waals surface area contributed by atoms with Gasteiger partial charge in [0, 0.05) is 52.3 Å². The van der Waals surface area contributed by atoms with E-state index in [1.807, 2.05) is 0 Å². The second-order valence-corrected chi connectivity index (χ2v) is 25.6. The van der Waals surface area contributed by atoms with Gasteiger partial charge in [-0.2, -0.15) is 0 Å². The Morgan fingerprint density at radius 3 is 2.13 bits per heavy atom. The van der Waals surface area contributed by atoms with Gasteiger partial charge in [-0.05, 0) is 106 Å². The summed E-state index contributed by atoms with van der Waals surface area (Å²) in [6.45, 7) is 33.0. The summed E-state index contributed by atoms with van der Waals surface area (Å²) < 4.78 is 0. The first kappa shape index (κ1) is 41.7. The standard InChI is InChI=1S/C60H75BN2/c1-56(2,3)38-26-20-28-45-48(38)50-40(58(7,8)9)30-33-43-54(50)62(45)47-35-32-42(60(13,36-22-16-14-17-23-36)37-24-18-15-19-25-37)53-52(47)61(43)44-34-31-41(59(10,11)12)51-49-39(57(4,5)6)27-21-29-46(49)63(53)55(44)51/h14-18,20-24,26-28,30-31,33,40,42,44,46-47,50-51,55H,19,25,29,32,34-35H2,1-13H3. The van der Waals surface area contributed by atoms with Gasteiger partial charge in [0.15, 0.2) is 0 Å². The van der Waals surface area contributed by atoms with Gasteiger partial charge < -0.3 is 9.80 Å². The molecule has 3 heteroatoms. The predicted octanol–water partition coefficient (Wildman–Crippen LogP) is 15.0. The predicted molar refractivity (Wildman–Crippen MR) is 268 cm³/mol. The van der Waals surface area contributed by atoms with Crippen molar-refractivity contribution >= 4 is 12.4 Å². The van der Waals surface area contributed by atoms with Crippen LogP contribution in [0.4, 0.5) is 5.69 Å². The number of anilines is 1. The van der Waals surface area contributed by atoms with Crippen LogP contribution in [0.2, 0.25) is 5.82 Å². The molecular weight excluding hydrogens is 759 g/mol. The molecule has 328 valence electrons. The van der Waals surface area contributed by atoms with Crippen molar-refractivity contribution in [3.63, 3.8) is 0 Å². The van der Waals surface area contributed by atoms with E-state index in [1.54, 1.807) is 55.8 Å². The van der Waals surface area contributed by atoms with Crippen molar-refractivity contribution in [1.82, 2.24) is 4.90 Å². The third-order valence-electron chi connectivity index (χ3n) is 18.0. The molecule has 0 spiro atoms. The number of benzene rings is 2. The van der Waals surface area contributed by atoms with E-state index in [0.29, 0.717) is 54.3 Å². The molecule has 9 atom stereocenters. The molecular formula is C60H75BN2. The fraction of sp³-hybridized carbons (Fsp3) is 0.533. The molecule has 0 N–H and O–H groups in total. The zero-order valence-electron chi connectivity index (χ0n) is 41.1. The van der Waals surface area contributed by atoms with E-state index < -0.39 is 0 Å². The minimum atomic E-state index is -0.132. The fourth-order valence-electron chi connectivity index (χ4n) is 15.6. The quantitative estimate of drug-likeness (QED) is 0.225. The Bertz CT molecular complexity index is 2520. The summed E-state index contributed by atoms with van der Waals surface area (Å²) in [5.74, 6) is 2.12. The minimum Gasteiger partial charge on any atom is -0.365 e. The number of nitrogens with zero attached hydrogens (tertiary/aromatic N) is 2. The topological polar surface area (TPSA) is 6.48 Å². The van der Waals surface area contributed by atoms with Gasteiger partial charge in [0.25, 0.3) is 0 Å². The van der Waals surface area contributed by atoms with Crippen LogP contribution in [0.25, 0.3) is 0 Å². The van der Waals surface area contributed by atoms with Crippen LogP contribution in [0, 0.1) is 34.0 Å². The number of rotatable bonds is 3. The maximum absolute atomic E-state index is 3.22. The second-order valence-electron chi connectivity index (χ2n) is 25.6. The van der Waals surface area contributed by atoms with Crippen molar-refractivity contribution in [2.75, 3.05) is 4.90 Å². The molecule has 9 unspecified atom stereocenters. The van der Waals surface area contributed by atoms with Crippen molar-refractivity contribution in [3.05, 3.63) is 158 Å². The third-order valence-corrected chi connectivity index (χ3v) is 18.0. The van der Waals surface area contributed by atoms with Gasteiger partial charge in [0.1, 0.15) is 0 Å². The first-order valence-electron chi connectivity index (χ1n) is 25.1. The van der Waals surface area contributed by atoms with Crippen LogP contribution in [0.5, 0.6) is 0 Å². The molecule has 5 aliphatic carbocycles. The van der Waals surface area contributed by atoms with Gasteiger partial charge in [-0.1, -0.05) is 203 Å². The Morgan fingerprint density at radius 1 is 0.698 bits per heavy atom. The minimum absolute atomic E-state index is 0.0499. The van der Waals surface area contributed by atoms with Crippen LogP contribution in [0.1, 0.15) is 151 Å². The van der Waals surface area contributed by atoms with Crippen LogP contribution >= 0.6 is 0 Å². The summed E-state index contributed by atoms with van der Waals surface area (Å²) in [7, 11) is 0. The molecule has 63 heavy (non-hydrogen) atoms. The van der Waals surface area contributed by atoms with E-state index in [2.05, 4.69) is 197 Å². The summed E-state index contributed by atoms with van der Waals surface area (Å²) in [5, 5.41) is 0. The molecule has 4 heterocycles. The molecule has 1 fully saturated rings. The number of hydrogen-bond donors (Lipinski definition) is 0. The van der Waals surface area contributed by atoms with Gasteiger partial charge >= 0.3 is 0 Å². The molecule has 2 nitrogen and oxygen atoms in total. The largest absolute Gasteiger partial charge is 0.365 e. The zero-order valence-corrected chi connectivity index (χ0v) is 41.1. The summed E-state index contributed by atoms with van der Waals surface area (Å²) in [4.78, 5) is 6.22. The van der Waals surface area contributed by atoms with E-state index in [1.165, 1.54) is 24.1 Å². The Labute approximate surface area is 382 Å². The first-order chi connectivity index (χ1) is 29.7. The van der Waals surface area contributed by atoms with Crippen LogP contribution < -0.4 is 4.90 Å². The SMILES string of the molecule is CC(C)(C)C1=CCC2B3C4=C5C(c6c(cccc6C(C)(C)C)N5C5CCC(C(C)(C6=CC=CCC6)c6ccccc6)C(=C35)N3C5CC=CC(C(C)(C)C)=C5C1C23)C(C(C)(C)C)C=C4. The van der Waals surface area contributed by atoms with Crippen LogP contribution in [0.3, 0.4) is 0 Å². The average Bonchev–Trinajstić information content (AvgIpc) is 3.77. The Hall–Kier alpha value is -3.98. The molecule has 11 rings (SSSR count). The second kappa shape index (κ2) is 13.8. The molecule has 9 aliphatic rings. The molecule has 1 saturated heterocycles. The molecule has 0 bridgehead atoms. The van der Waals surface area contributed by atoms with Gasteiger partial charge in [-0.15, -0.1) is 0 Å². The average molecular weight is 835 g/mol. The number of allylic oxidation sites excluding steroid dienone is 12. The summed E-state index contributed by atoms with van der Waals surface area (Å²) in [5.41, 5.74) is 20.0. The van der Waals surface area contributed by atoms with Crippen LogP contribution in [0.15, 0.2) is 142 Å². The third kappa shape index (κ3) is 5.81. The van der Waals surface area contributed by atoms with Crippen molar-refractivity contribution in [3.8, 4) is 0 Å². The van der Waals surface area contributed by atoms with E-state index >= 15 is 0 Å². The van der Waals surface area contributed by atoms with Crippen molar-refractivity contribution in [2.45, 2.75) is 169 Å². The van der Waals surface area contributed by atoms with Gasteiger partial charge in [-0.25, -0.2) is 0 Å². The fourth-order valence-corrected chi connectivity index (χ4v) is 15.6. The molecule has 0 saturated carbocycles. The van der Waals surface area contributed by atoms with E-state index in [0.717, 1.165) is 25.7 Å². The van der Waals surface area contributed by atoms with E-state index in [4.69, 9.17) is 0 Å². The molecule has 0 aromatic heterocycles. The summed E-state index contributed by atoms with van der Waals surface area (Å²) in [6, 6.07) is 20.4. The zero-order chi connectivity index (χ0) is 44.3. The van der Waals surface area contributed by atoms with Gasteiger partial charge in [-0.3, -0.25) is 0 Å². The Balaban J connectivity index is 1.25. The van der Waals surface area contributed by atoms with Gasteiger partial charge in [0.2, 0.25) is 6.71 Å². The Kier molecular flexibility index (Phi) is 9.12. The van der Waals surface area contributed by atoms with Crippen molar-refractivity contribution < 1.29 is 0 Å². The molecule has 0 amide bonds. The molecule has 2 aromatic rings. The summed E-state index contributed by atoms with van der Waals surface area (Å²) in [6.07, 6.45) is 27.6. The highest BCUT2D eigenvalue weighted by atomic mass is 15.3. The lowest BCUT2D eigenvalue weighted by Crippen LogP contribution is -2.62. The number of fused-ring (bicyclic) bond motifs is 10. The number of hydrogen-bond acceptors (Lipinski definition) is 2. The first-order valence-corrected chi connectivity index (χ1v) is 25.1. The molecule has 4 aliphatic heterocycles. The van der Waals surface area contributed by atoms with Crippen LogP contribution in [-0.2, 0) is 10.8 Å². The normalized spacial score (nSPS) is 31.7. The van der Waals surface area contributed by atoms with Crippen LogP contribution in [-0.4, -0.2) is 29.7 Å².